The van der Waals surface area contributed by atoms with Crippen molar-refractivity contribution in [3.05, 3.63) is 77.2 Å². The highest BCUT2D eigenvalue weighted by molar-refractivity contribution is 6.07. The molecule has 0 unspecified atom stereocenters. The van der Waals surface area contributed by atoms with Gasteiger partial charge < -0.3 is 25.0 Å². The van der Waals surface area contributed by atoms with Gasteiger partial charge in [0, 0.05) is 42.7 Å². The Balaban J connectivity index is 1.19. The average molecular weight is 541 g/mol. The number of anilines is 1. The third-order valence-electron chi connectivity index (χ3n) is 6.33. The van der Waals surface area contributed by atoms with Crippen molar-refractivity contribution < 1.29 is 37.0 Å². The van der Waals surface area contributed by atoms with Crippen LogP contribution >= 0.6 is 0 Å². The minimum absolute atomic E-state index is 0.0326. The van der Waals surface area contributed by atoms with Crippen molar-refractivity contribution in [3.8, 4) is 11.5 Å². The lowest BCUT2D eigenvalue weighted by atomic mass is 10.0. The lowest BCUT2D eigenvalue weighted by Gasteiger charge is -2.32. The molecule has 0 aliphatic carbocycles. The van der Waals surface area contributed by atoms with E-state index in [1.807, 2.05) is 0 Å². The number of carbonyl (C=O) groups excluding carboxylic acids is 3. The molecule has 3 aromatic rings. The number of hydrogen-bond acceptors (Lipinski definition) is 7. The van der Waals surface area contributed by atoms with Gasteiger partial charge in [0.15, 0.2) is 23.0 Å². The second-order valence-electron chi connectivity index (χ2n) is 8.89. The van der Waals surface area contributed by atoms with E-state index in [4.69, 9.17) is 9.47 Å². The number of piperidine rings is 1. The third kappa shape index (κ3) is 5.76. The number of ether oxygens (including phenoxy) is 2. The fraction of sp³-hybridized carbons (Fsp3) is 0.269. The van der Waals surface area contributed by atoms with Gasteiger partial charge in [0.05, 0.1) is 5.56 Å². The Kier molecular flexibility index (Phi) is 7.05. The van der Waals surface area contributed by atoms with Gasteiger partial charge in [0.25, 0.3) is 17.7 Å². The quantitative estimate of drug-likeness (QED) is 0.507. The number of nitrogens with one attached hydrogen (secondary N) is 2. The topological polar surface area (TPSA) is 123 Å². The number of benzene rings is 2. The molecule has 0 spiro atoms. The van der Waals surface area contributed by atoms with E-state index in [0.29, 0.717) is 24.3 Å². The summed E-state index contributed by atoms with van der Waals surface area (Å²) >= 11 is 0. The van der Waals surface area contributed by atoms with Gasteiger partial charge in [-0.25, -0.2) is 9.97 Å². The Hall–Kier alpha value is -4.68. The second-order valence-corrected chi connectivity index (χ2v) is 8.89. The first-order chi connectivity index (χ1) is 18.7. The van der Waals surface area contributed by atoms with E-state index in [0.717, 1.165) is 12.1 Å². The van der Waals surface area contributed by atoms with Gasteiger partial charge in [-0.05, 0) is 49.2 Å². The van der Waals surface area contributed by atoms with E-state index in [1.54, 1.807) is 12.1 Å². The van der Waals surface area contributed by atoms with Gasteiger partial charge in [-0.2, -0.15) is 13.2 Å². The Morgan fingerprint density at radius 1 is 0.897 bits per heavy atom. The third-order valence-corrected chi connectivity index (χ3v) is 6.33. The number of fused-ring (bicyclic) bond motifs is 1. The first kappa shape index (κ1) is 25.9. The van der Waals surface area contributed by atoms with Crippen molar-refractivity contribution >= 4 is 23.5 Å². The van der Waals surface area contributed by atoms with Crippen LogP contribution in [0, 0.1) is 0 Å². The number of hydrogen-bond donors (Lipinski definition) is 2. The lowest BCUT2D eigenvalue weighted by molar-refractivity contribution is -0.137. The highest BCUT2D eigenvalue weighted by atomic mass is 19.4. The van der Waals surface area contributed by atoms with Crippen LogP contribution in [0.3, 0.4) is 0 Å². The SMILES string of the molecule is O=C(Nc1nccnc1C(=O)NC1CCN(C(=O)c2cccc(C(F)(F)F)c2)CC1)c1ccc2c(c1)OCO2. The predicted molar refractivity (Wildman–Crippen MR) is 130 cm³/mol. The van der Waals surface area contributed by atoms with Crippen molar-refractivity contribution in [1.82, 2.24) is 20.2 Å². The summed E-state index contributed by atoms with van der Waals surface area (Å²) in [6.07, 6.45) is -1.12. The average Bonchev–Trinajstić information content (AvgIpc) is 3.41. The minimum Gasteiger partial charge on any atom is -0.454 e. The summed E-state index contributed by atoms with van der Waals surface area (Å²) in [5.74, 6) is -0.675. The summed E-state index contributed by atoms with van der Waals surface area (Å²) in [5.41, 5.74) is -0.751. The van der Waals surface area contributed by atoms with E-state index < -0.39 is 29.5 Å². The number of halogens is 3. The monoisotopic (exact) mass is 541 g/mol. The van der Waals surface area contributed by atoms with Crippen molar-refractivity contribution in [3.63, 3.8) is 0 Å². The fourth-order valence-electron chi connectivity index (χ4n) is 4.30. The summed E-state index contributed by atoms with van der Waals surface area (Å²) in [5, 5.41) is 5.42. The smallest absolute Gasteiger partial charge is 0.416 e. The number of alkyl halides is 3. The van der Waals surface area contributed by atoms with Gasteiger partial charge in [-0.15, -0.1) is 0 Å². The molecule has 1 fully saturated rings. The molecule has 3 heterocycles. The minimum atomic E-state index is -4.54. The normalized spacial score (nSPS) is 15.1. The number of nitrogens with zero attached hydrogens (tertiary/aromatic N) is 3. The Labute approximate surface area is 220 Å². The molecule has 2 aromatic carbocycles. The summed E-state index contributed by atoms with van der Waals surface area (Å²) in [6, 6.07) is 8.65. The molecule has 3 amide bonds. The molecule has 0 bridgehead atoms. The Morgan fingerprint density at radius 2 is 1.64 bits per heavy atom. The van der Waals surface area contributed by atoms with Crippen LogP contribution in [-0.2, 0) is 6.18 Å². The van der Waals surface area contributed by atoms with Crippen LogP contribution in [-0.4, -0.2) is 58.5 Å². The molecular formula is C26H22F3N5O5. The molecule has 10 nitrogen and oxygen atoms in total. The van der Waals surface area contributed by atoms with Crippen molar-refractivity contribution in [1.29, 1.82) is 0 Å². The maximum Gasteiger partial charge on any atom is 0.416 e. The summed E-state index contributed by atoms with van der Waals surface area (Å²) < 4.78 is 49.6. The zero-order valence-electron chi connectivity index (χ0n) is 20.3. The van der Waals surface area contributed by atoms with E-state index in [1.165, 1.54) is 35.5 Å². The van der Waals surface area contributed by atoms with E-state index >= 15 is 0 Å². The molecule has 13 heteroatoms. The van der Waals surface area contributed by atoms with E-state index in [-0.39, 0.29) is 48.6 Å². The molecule has 2 aliphatic rings. The maximum atomic E-state index is 13.0. The summed E-state index contributed by atoms with van der Waals surface area (Å²) in [6.45, 7) is 0.551. The molecule has 0 radical (unpaired) electrons. The standard InChI is InChI=1S/C26H22F3N5O5/c27-26(28,29)17-3-1-2-16(12-17)25(37)34-10-6-18(7-11-34)32-24(36)21-22(31-9-8-30-21)33-23(35)15-4-5-19-20(13-15)39-14-38-19/h1-5,8-9,12-13,18H,6-7,10-11,14H2,(H,32,36)(H,31,33,35). The second kappa shape index (κ2) is 10.6. The molecule has 0 atom stereocenters. The summed E-state index contributed by atoms with van der Waals surface area (Å²) in [7, 11) is 0. The van der Waals surface area contributed by atoms with Gasteiger partial charge in [0.1, 0.15) is 0 Å². The van der Waals surface area contributed by atoms with Gasteiger partial charge >= 0.3 is 6.18 Å². The first-order valence-electron chi connectivity index (χ1n) is 12.0. The van der Waals surface area contributed by atoms with Crippen molar-refractivity contribution in [2.45, 2.75) is 25.1 Å². The van der Waals surface area contributed by atoms with Crippen LogP contribution in [0.1, 0.15) is 49.6 Å². The van der Waals surface area contributed by atoms with Crippen LogP contribution in [0.5, 0.6) is 11.5 Å². The largest absolute Gasteiger partial charge is 0.454 e. The number of rotatable bonds is 5. The fourth-order valence-corrected chi connectivity index (χ4v) is 4.30. The van der Waals surface area contributed by atoms with Crippen molar-refractivity contribution in [2.75, 3.05) is 25.2 Å². The predicted octanol–water partition coefficient (Wildman–Crippen LogP) is 3.51. The molecular weight excluding hydrogens is 519 g/mol. The van der Waals surface area contributed by atoms with Gasteiger partial charge in [-0.3, -0.25) is 14.4 Å². The van der Waals surface area contributed by atoms with Crippen LogP contribution < -0.4 is 20.1 Å². The van der Waals surface area contributed by atoms with Crippen LogP contribution in [0.2, 0.25) is 0 Å². The molecule has 2 N–H and O–H groups in total. The molecule has 1 aromatic heterocycles. The first-order valence-corrected chi connectivity index (χ1v) is 12.0. The zero-order chi connectivity index (χ0) is 27.6. The number of likely N-dealkylation sites (tertiary alicyclic amines) is 1. The Morgan fingerprint density at radius 3 is 2.41 bits per heavy atom. The summed E-state index contributed by atoms with van der Waals surface area (Å²) in [4.78, 5) is 48.1. The molecule has 202 valence electrons. The van der Waals surface area contributed by atoms with Crippen LogP contribution in [0.25, 0.3) is 0 Å². The lowest BCUT2D eigenvalue weighted by Crippen LogP contribution is -2.46. The van der Waals surface area contributed by atoms with E-state index in [2.05, 4.69) is 20.6 Å². The van der Waals surface area contributed by atoms with Crippen LogP contribution in [0.15, 0.2) is 54.9 Å². The number of aromatic nitrogens is 2. The van der Waals surface area contributed by atoms with Crippen LogP contribution in [0.4, 0.5) is 19.0 Å². The molecule has 39 heavy (non-hydrogen) atoms. The molecule has 0 saturated carbocycles. The van der Waals surface area contributed by atoms with E-state index in [9.17, 15) is 27.6 Å². The maximum absolute atomic E-state index is 13.0. The molecule has 1 saturated heterocycles. The highest BCUT2D eigenvalue weighted by Crippen LogP contribution is 2.33. The van der Waals surface area contributed by atoms with Crippen molar-refractivity contribution in [2.24, 2.45) is 0 Å². The zero-order valence-corrected chi connectivity index (χ0v) is 20.3. The highest BCUT2D eigenvalue weighted by Gasteiger charge is 2.32. The molecule has 2 aliphatic heterocycles. The number of carbonyl (C=O) groups is 3. The molecule has 5 rings (SSSR count). The number of amides is 3. The Bertz CT molecular complexity index is 1420. The van der Waals surface area contributed by atoms with Gasteiger partial charge in [0.2, 0.25) is 6.79 Å². The van der Waals surface area contributed by atoms with Gasteiger partial charge in [-0.1, -0.05) is 6.07 Å².